The lowest BCUT2D eigenvalue weighted by Gasteiger charge is -2.18. The van der Waals surface area contributed by atoms with E-state index in [1.54, 1.807) is 12.3 Å². The van der Waals surface area contributed by atoms with Gasteiger partial charge in [-0.05, 0) is 57.2 Å². The molecule has 2 aromatic carbocycles. The number of nitrogens with zero attached hydrogens (tertiary/aromatic N) is 3. The molecule has 0 aliphatic rings. The van der Waals surface area contributed by atoms with E-state index in [9.17, 15) is 4.79 Å². The molecule has 4 rings (SSSR count). The molecule has 0 fully saturated rings. The second-order valence-electron chi connectivity index (χ2n) is 7.33. The van der Waals surface area contributed by atoms with Crippen LogP contribution in [0.5, 0.6) is 0 Å². The first-order valence-corrected chi connectivity index (χ1v) is 9.54. The average molecular weight is 440 g/mol. The van der Waals surface area contributed by atoms with E-state index in [-0.39, 0.29) is 0 Å². The van der Waals surface area contributed by atoms with Gasteiger partial charge < -0.3 is 9.15 Å². The van der Waals surface area contributed by atoms with Gasteiger partial charge in [0.15, 0.2) is 5.58 Å². The Bertz CT molecular complexity index is 1150. The molecule has 0 spiro atoms. The molecule has 0 saturated carbocycles. The molecule has 0 unspecified atom stereocenters. The van der Waals surface area contributed by atoms with Crippen molar-refractivity contribution in [2.45, 2.75) is 26.4 Å². The molecule has 28 heavy (non-hydrogen) atoms. The van der Waals surface area contributed by atoms with Crippen LogP contribution in [0.25, 0.3) is 33.8 Å². The number of carbonyl (C=O) groups is 1. The summed E-state index contributed by atoms with van der Waals surface area (Å²) in [7, 11) is 0. The highest BCUT2D eigenvalue weighted by molar-refractivity contribution is 9.10. The number of fused-ring (bicyclic) bond motifs is 1. The first-order chi connectivity index (χ1) is 13.3. The van der Waals surface area contributed by atoms with Crippen molar-refractivity contribution in [3.8, 4) is 22.7 Å². The summed E-state index contributed by atoms with van der Waals surface area (Å²) < 4.78 is 13.3. The second kappa shape index (κ2) is 6.91. The zero-order valence-electron chi connectivity index (χ0n) is 15.6. The molecule has 142 valence electrons. The Morgan fingerprint density at radius 1 is 1.07 bits per heavy atom. The summed E-state index contributed by atoms with van der Waals surface area (Å²) in [6.45, 7) is 5.45. The monoisotopic (exact) mass is 439 g/mol. The fraction of sp³-hybridized carbons (Fsp3) is 0.190. The minimum atomic E-state index is -0.569. The number of aromatic nitrogens is 3. The lowest BCUT2D eigenvalue weighted by Crippen LogP contribution is -2.27. The summed E-state index contributed by atoms with van der Waals surface area (Å²) in [5.74, 6) is 0.555. The maximum atomic E-state index is 12.1. The molecular formula is C21H18BrN3O3. The third-order valence-corrected chi connectivity index (χ3v) is 4.44. The van der Waals surface area contributed by atoms with Gasteiger partial charge in [-0.15, -0.1) is 0 Å². The van der Waals surface area contributed by atoms with Crippen LogP contribution in [0.1, 0.15) is 20.8 Å². The SMILES string of the molecule is CC(C)(C)OC(=O)n1ccc(-c2ccc(-c3nc4ccc(Br)cc4o3)cc2)n1. The Morgan fingerprint density at radius 3 is 2.50 bits per heavy atom. The van der Waals surface area contributed by atoms with Gasteiger partial charge in [-0.25, -0.2) is 9.78 Å². The van der Waals surface area contributed by atoms with Crippen LogP contribution in [0.4, 0.5) is 4.79 Å². The van der Waals surface area contributed by atoms with E-state index in [1.807, 2.05) is 63.2 Å². The molecule has 2 aromatic heterocycles. The van der Waals surface area contributed by atoms with Crippen molar-refractivity contribution in [1.29, 1.82) is 0 Å². The summed E-state index contributed by atoms with van der Waals surface area (Å²) >= 11 is 3.43. The fourth-order valence-corrected chi connectivity index (χ4v) is 3.03. The Balaban J connectivity index is 1.57. The maximum Gasteiger partial charge on any atom is 0.435 e. The third kappa shape index (κ3) is 3.84. The van der Waals surface area contributed by atoms with E-state index in [2.05, 4.69) is 26.0 Å². The third-order valence-electron chi connectivity index (χ3n) is 3.95. The van der Waals surface area contributed by atoms with Gasteiger partial charge in [0.25, 0.3) is 0 Å². The van der Waals surface area contributed by atoms with Gasteiger partial charge in [0.05, 0.1) is 5.69 Å². The number of ether oxygens (including phenoxy) is 1. The zero-order valence-corrected chi connectivity index (χ0v) is 17.2. The van der Waals surface area contributed by atoms with Gasteiger partial charge in [-0.3, -0.25) is 0 Å². The Hall–Kier alpha value is -2.93. The van der Waals surface area contributed by atoms with Gasteiger partial charge in [0.2, 0.25) is 5.89 Å². The molecule has 6 nitrogen and oxygen atoms in total. The number of benzene rings is 2. The molecule has 0 atom stereocenters. The normalized spacial score (nSPS) is 11.7. The summed E-state index contributed by atoms with van der Waals surface area (Å²) in [5.41, 5.74) is 3.38. The standard InChI is InChI=1S/C21H18BrN3O3/c1-21(2,3)28-20(26)25-11-10-16(24-25)13-4-6-14(7-5-13)19-23-17-9-8-15(22)12-18(17)27-19/h4-12H,1-3H3. The van der Waals surface area contributed by atoms with Crippen LogP contribution < -0.4 is 0 Å². The quantitative estimate of drug-likeness (QED) is 0.388. The molecule has 2 heterocycles. The Labute approximate surface area is 170 Å². The molecule has 0 amide bonds. The summed E-state index contributed by atoms with van der Waals surface area (Å²) in [5, 5.41) is 4.31. The summed E-state index contributed by atoms with van der Waals surface area (Å²) in [6, 6.07) is 15.2. The number of rotatable bonds is 2. The molecule has 0 bridgehead atoms. The molecule has 4 aromatic rings. The molecule has 0 N–H and O–H groups in total. The minimum absolute atomic E-state index is 0.506. The van der Waals surface area contributed by atoms with E-state index in [1.165, 1.54) is 4.68 Å². The molecule has 0 radical (unpaired) electrons. The van der Waals surface area contributed by atoms with Crippen molar-refractivity contribution in [3.63, 3.8) is 0 Å². The molecular weight excluding hydrogens is 422 g/mol. The number of oxazole rings is 1. The first-order valence-electron chi connectivity index (χ1n) is 8.74. The van der Waals surface area contributed by atoms with Crippen LogP contribution in [0.3, 0.4) is 0 Å². The van der Waals surface area contributed by atoms with Gasteiger partial charge in [0.1, 0.15) is 11.1 Å². The van der Waals surface area contributed by atoms with Crippen LogP contribution in [0, 0.1) is 0 Å². The molecule has 0 saturated heterocycles. The number of hydrogen-bond acceptors (Lipinski definition) is 5. The Morgan fingerprint density at radius 2 is 1.79 bits per heavy atom. The van der Waals surface area contributed by atoms with Crippen LogP contribution in [-0.2, 0) is 4.74 Å². The highest BCUT2D eigenvalue weighted by Gasteiger charge is 2.19. The predicted octanol–water partition coefficient (Wildman–Crippen LogP) is 5.90. The van der Waals surface area contributed by atoms with Crippen LogP contribution in [0.15, 0.2) is 63.6 Å². The van der Waals surface area contributed by atoms with Crippen LogP contribution >= 0.6 is 15.9 Å². The molecule has 0 aliphatic carbocycles. The van der Waals surface area contributed by atoms with Gasteiger partial charge in [-0.2, -0.15) is 9.78 Å². The van der Waals surface area contributed by atoms with E-state index in [0.717, 1.165) is 26.7 Å². The highest BCUT2D eigenvalue weighted by atomic mass is 79.9. The number of hydrogen-bond donors (Lipinski definition) is 0. The van der Waals surface area contributed by atoms with Crippen molar-refractivity contribution in [2.75, 3.05) is 0 Å². The van der Waals surface area contributed by atoms with Crippen molar-refractivity contribution in [2.24, 2.45) is 0 Å². The average Bonchev–Trinajstić information content (AvgIpc) is 3.27. The number of carbonyl (C=O) groups excluding carboxylic acids is 1. The number of halogens is 1. The fourth-order valence-electron chi connectivity index (χ4n) is 2.69. The van der Waals surface area contributed by atoms with Crippen molar-refractivity contribution in [1.82, 2.24) is 14.8 Å². The second-order valence-corrected chi connectivity index (χ2v) is 8.25. The maximum absolute atomic E-state index is 12.1. The topological polar surface area (TPSA) is 70.2 Å². The molecule has 7 heteroatoms. The largest absolute Gasteiger partial charge is 0.442 e. The van der Waals surface area contributed by atoms with E-state index in [0.29, 0.717) is 11.6 Å². The van der Waals surface area contributed by atoms with Crippen LogP contribution in [-0.4, -0.2) is 26.5 Å². The summed E-state index contributed by atoms with van der Waals surface area (Å²) in [6.07, 6.45) is 1.09. The van der Waals surface area contributed by atoms with Gasteiger partial charge in [0, 0.05) is 21.8 Å². The lowest BCUT2D eigenvalue weighted by molar-refractivity contribution is 0.0515. The zero-order chi connectivity index (χ0) is 19.9. The van der Waals surface area contributed by atoms with Gasteiger partial charge in [-0.1, -0.05) is 28.1 Å². The van der Waals surface area contributed by atoms with E-state index in [4.69, 9.17) is 9.15 Å². The Kier molecular flexibility index (Phi) is 4.55. The van der Waals surface area contributed by atoms with Crippen molar-refractivity contribution < 1.29 is 13.9 Å². The van der Waals surface area contributed by atoms with E-state index >= 15 is 0 Å². The van der Waals surface area contributed by atoms with E-state index < -0.39 is 11.7 Å². The van der Waals surface area contributed by atoms with Crippen LogP contribution in [0.2, 0.25) is 0 Å². The highest BCUT2D eigenvalue weighted by Crippen LogP contribution is 2.28. The van der Waals surface area contributed by atoms with Crippen molar-refractivity contribution >= 4 is 33.1 Å². The summed E-state index contributed by atoms with van der Waals surface area (Å²) in [4.78, 5) is 16.6. The first kappa shape index (κ1) is 18.4. The van der Waals surface area contributed by atoms with Gasteiger partial charge >= 0.3 is 6.09 Å². The smallest absolute Gasteiger partial charge is 0.435 e. The predicted molar refractivity (Wildman–Crippen MR) is 110 cm³/mol. The van der Waals surface area contributed by atoms with Crippen molar-refractivity contribution in [3.05, 3.63) is 59.2 Å². The lowest BCUT2D eigenvalue weighted by atomic mass is 10.1. The minimum Gasteiger partial charge on any atom is -0.442 e. The molecule has 0 aliphatic heterocycles.